The molecule has 0 bridgehead atoms. The summed E-state index contributed by atoms with van der Waals surface area (Å²) in [5.74, 6) is 0.949. The predicted molar refractivity (Wildman–Crippen MR) is 83.1 cm³/mol. The fraction of sp³-hybridized carbons (Fsp3) is 0.588. The fourth-order valence-corrected chi connectivity index (χ4v) is 3.20. The van der Waals surface area contributed by atoms with E-state index >= 15 is 0 Å². The fourth-order valence-electron chi connectivity index (χ4n) is 3.20. The highest BCUT2D eigenvalue weighted by Gasteiger charge is 2.27. The maximum atomic E-state index is 12.6. The zero-order chi connectivity index (χ0) is 14.5. The number of carbonyl (C=O) groups excluding carboxylic acids is 1. The third-order valence-corrected chi connectivity index (χ3v) is 4.31. The molecule has 1 aromatic rings. The molecule has 0 saturated carbocycles. The van der Waals surface area contributed by atoms with Crippen LogP contribution in [0.4, 0.5) is 0 Å². The molecule has 2 rings (SSSR count). The molecule has 1 saturated heterocycles. The van der Waals surface area contributed by atoms with Crippen molar-refractivity contribution in [2.75, 3.05) is 33.7 Å². The van der Waals surface area contributed by atoms with Crippen LogP contribution >= 0.6 is 0 Å². The summed E-state index contributed by atoms with van der Waals surface area (Å²) in [7, 11) is 4.26. The number of ketones is 1. The normalized spacial score (nSPS) is 21.3. The average Bonchev–Trinajstić information content (AvgIpc) is 2.85. The van der Waals surface area contributed by atoms with Gasteiger partial charge in [-0.3, -0.25) is 9.69 Å². The van der Waals surface area contributed by atoms with Crippen LogP contribution in [0.3, 0.4) is 0 Å². The number of benzene rings is 1. The van der Waals surface area contributed by atoms with Gasteiger partial charge < -0.3 is 4.90 Å². The SMILES string of the molecule is CCC(C(=O)c1ccccc1)N(C)CC1CCN(C)C1. The average molecular weight is 274 g/mol. The summed E-state index contributed by atoms with van der Waals surface area (Å²) in [6.07, 6.45) is 2.11. The molecule has 1 aliphatic rings. The molecular weight excluding hydrogens is 248 g/mol. The van der Waals surface area contributed by atoms with E-state index in [-0.39, 0.29) is 11.8 Å². The molecule has 3 heteroatoms. The molecule has 0 N–H and O–H groups in total. The molecule has 20 heavy (non-hydrogen) atoms. The Kier molecular flexibility index (Phi) is 5.32. The molecule has 3 nitrogen and oxygen atoms in total. The van der Waals surface area contributed by atoms with Crippen LogP contribution in [0.1, 0.15) is 30.1 Å². The van der Waals surface area contributed by atoms with Gasteiger partial charge >= 0.3 is 0 Å². The van der Waals surface area contributed by atoms with E-state index in [1.54, 1.807) is 0 Å². The molecule has 2 unspecified atom stereocenters. The highest BCUT2D eigenvalue weighted by Crippen LogP contribution is 2.18. The van der Waals surface area contributed by atoms with E-state index in [1.807, 2.05) is 30.3 Å². The number of carbonyl (C=O) groups is 1. The van der Waals surface area contributed by atoms with Crippen LogP contribution in [0, 0.1) is 5.92 Å². The molecule has 1 aliphatic heterocycles. The molecule has 110 valence electrons. The predicted octanol–water partition coefficient (Wildman–Crippen LogP) is 2.53. The summed E-state index contributed by atoms with van der Waals surface area (Å²) in [5.41, 5.74) is 0.828. The molecule has 0 spiro atoms. The summed E-state index contributed by atoms with van der Waals surface area (Å²) in [4.78, 5) is 17.2. The Morgan fingerprint density at radius 1 is 1.40 bits per heavy atom. The van der Waals surface area contributed by atoms with E-state index in [4.69, 9.17) is 0 Å². The molecule has 0 amide bonds. The van der Waals surface area contributed by atoms with Gasteiger partial charge in [0.25, 0.3) is 0 Å². The van der Waals surface area contributed by atoms with Gasteiger partial charge in [-0.2, -0.15) is 0 Å². The highest BCUT2D eigenvalue weighted by molar-refractivity contribution is 6.00. The first kappa shape index (κ1) is 15.2. The van der Waals surface area contributed by atoms with Gasteiger partial charge in [-0.15, -0.1) is 0 Å². The van der Waals surface area contributed by atoms with Crippen molar-refractivity contribution in [3.05, 3.63) is 35.9 Å². The second-order valence-corrected chi connectivity index (χ2v) is 6.01. The van der Waals surface area contributed by atoms with Crippen LogP contribution < -0.4 is 0 Å². The molecule has 1 heterocycles. The van der Waals surface area contributed by atoms with Gasteiger partial charge in [-0.05, 0) is 39.4 Å². The number of hydrogen-bond donors (Lipinski definition) is 0. The second-order valence-electron chi connectivity index (χ2n) is 6.01. The van der Waals surface area contributed by atoms with Gasteiger partial charge in [-0.1, -0.05) is 37.3 Å². The van der Waals surface area contributed by atoms with Gasteiger partial charge in [0.05, 0.1) is 6.04 Å². The molecule has 1 fully saturated rings. The first-order valence-electron chi connectivity index (χ1n) is 7.59. The quantitative estimate of drug-likeness (QED) is 0.745. The number of rotatable bonds is 6. The van der Waals surface area contributed by atoms with Gasteiger partial charge in [0.2, 0.25) is 0 Å². The lowest BCUT2D eigenvalue weighted by Crippen LogP contribution is -2.41. The van der Waals surface area contributed by atoms with Gasteiger partial charge in [0, 0.05) is 18.7 Å². The maximum Gasteiger partial charge on any atom is 0.179 e. The van der Waals surface area contributed by atoms with E-state index < -0.39 is 0 Å². The monoisotopic (exact) mass is 274 g/mol. The standard InChI is InChI=1S/C17H26N2O/c1-4-16(17(20)15-8-6-5-7-9-15)19(3)13-14-10-11-18(2)12-14/h5-9,14,16H,4,10-13H2,1-3H3. The lowest BCUT2D eigenvalue weighted by Gasteiger charge is -2.28. The van der Waals surface area contributed by atoms with Crippen LogP contribution in [-0.4, -0.2) is 55.4 Å². The van der Waals surface area contributed by atoms with Crippen molar-refractivity contribution in [3.8, 4) is 0 Å². The van der Waals surface area contributed by atoms with E-state index in [1.165, 1.54) is 13.0 Å². The molecular formula is C17H26N2O. The van der Waals surface area contributed by atoms with Gasteiger partial charge in [0.1, 0.15) is 0 Å². The van der Waals surface area contributed by atoms with Crippen molar-refractivity contribution in [1.82, 2.24) is 9.80 Å². The first-order valence-corrected chi connectivity index (χ1v) is 7.59. The van der Waals surface area contributed by atoms with Gasteiger partial charge in [-0.25, -0.2) is 0 Å². The number of Topliss-reactive ketones (excluding diaryl/α,β-unsaturated/α-hetero) is 1. The summed E-state index contributed by atoms with van der Waals surface area (Å²) in [6, 6.07) is 9.67. The Hall–Kier alpha value is -1.19. The molecule has 2 atom stereocenters. The Balaban J connectivity index is 1.98. The third-order valence-electron chi connectivity index (χ3n) is 4.31. The van der Waals surface area contributed by atoms with Crippen molar-refractivity contribution in [3.63, 3.8) is 0 Å². The largest absolute Gasteiger partial charge is 0.306 e. The van der Waals surface area contributed by atoms with Crippen LogP contribution in [0.25, 0.3) is 0 Å². The van der Waals surface area contributed by atoms with Crippen molar-refractivity contribution >= 4 is 5.78 Å². The number of likely N-dealkylation sites (N-methyl/N-ethyl adjacent to an activating group) is 1. The van der Waals surface area contributed by atoms with E-state index in [9.17, 15) is 4.79 Å². The van der Waals surface area contributed by atoms with Gasteiger partial charge in [0.15, 0.2) is 5.78 Å². The molecule has 0 aliphatic carbocycles. The zero-order valence-electron chi connectivity index (χ0n) is 12.9. The summed E-state index contributed by atoms with van der Waals surface area (Å²) < 4.78 is 0. The van der Waals surface area contributed by atoms with Crippen LogP contribution in [-0.2, 0) is 0 Å². The Labute approximate surface area is 122 Å². The van der Waals surface area contributed by atoms with Crippen molar-refractivity contribution in [1.29, 1.82) is 0 Å². The number of nitrogens with zero attached hydrogens (tertiary/aromatic N) is 2. The number of hydrogen-bond acceptors (Lipinski definition) is 3. The second kappa shape index (κ2) is 7.00. The van der Waals surface area contributed by atoms with Crippen LogP contribution in [0.5, 0.6) is 0 Å². The molecule has 1 aromatic carbocycles. The summed E-state index contributed by atoms with van der Waals surface area (Å²) in [5, 5.41) is 0. The van der Waals surface area contributed by atoms with Crippen LogP contribution in [0.2, 0.25) is 0 Å². The smallest absolute Gasteiger partial charge is 0.179 e. The maximum absolute atomic E-state index is 12.6. The van der Waals surface area contributed by atoms with Crippen molar-refractivity contribution in [2.24, 2.45) is 5.92 Å². The summed E-state index contributed by atoms with van der Waals surface area (Å²) >= 11 is 0. The lowest BCUT2D eigenvalue weighted by molar-refractivity contribution is 0.0828. The minimum atomic E-state index is 0.00306. The van der Waals surface area contributed by atoms with Crippen molar-refractivity contribution < 1.29 is 4.79 Å². The first-order chi connectivity index (χ1) is 9.61. The highest BCUT2D eigenvalue weighted by atomic mass is 16.1. The van der Waals surface area contributed by atoms with E-state index in [2.05, 4.69) is 30.8 Å². The minimum Gasteiger partial charge on any atom is -0.306 e. The van der Waals surface area contributed by atoms with Crippen molar-refractivity contribution in [2.45, 2.75) is 25.8 Å². The zero-order valence-corrected chi connectivity index (χ0v) is 12.9. The minimum absolute atomic E-state index is 0.00306. The molecule has 0 radical (unpaired) electrons. The number of likely N-dealkylation sites (tertiary alicyclic amines) is 1. The van der Waals surface area contributed by atoms with Crippen LogP contribution in [0.15, 0.2) is 30.3 Å². The topological polar surface area (TPSA) is 23.6 Å². The lowest BCUT2D eigenvalue weighted by atomic mass is 9.99. The Bertz CT molecular complexity index is 432. The third kappa shape index (κ3) is 3.68. The summed E-state index contributed by atoms with van der Waals surface area (Å²) in [6.45, 7) is 5.45. The molecule has 0 aromatic heterocycles. The Morgan fingerprint density at radius 2 is 2.10 bits per heavy atom. The Morgan fingerprint density at radius 3 is 2.65 bits per heavy atom. The van der Waals surface area contributed by atoms with E-state index in [0.717, 1.165) is 25.1 Å². The van der Waals surface area contributed by atoms with E-state index in [0.29, 0.717) is 5.92 Å².